The number of aryl methyl sites for hydroxylation is 1. The molecule has 12 heteroatoms. The number of hydrogen-bond acceptors (Lipinski definition) is 8. The van der Waals surface area contributed by atoms with Gasteiger partial charge < -0.3 is 10.4 Å². The van der Waals surface area contributed by atoms with E-state index in [-0.39, 0.29) is 11.5 Å². The Bertz CT molecular complexity index is 1170. The van der Waals surface area contributed by atoms with E-state index in [9.17, 15) is 19.5 Å². The van der Waals surface area contributed by atoms with E-state index in [2.05, 4.69) is 26.3 Å². The van der Waals surface area contributed by atoms with Crippen LogP contribution in [-0.2, 0) is 16.0 Å². The van der Waals surface area contributed by atoms with Gasteiger partial charge in [-0.15, -0.1) is 5.10 Å². The average molecular weight is 468 g/mol. The predicted molar refractivity (Wildman–Crippen MR) is 118 cm³/mol. The van der Waals surface area contributed by atoms with E-state index >= 15 is 0 Å². The van der Waals surface area contributed by atoms with E-state index in [0.29, 0.717) is 23.7 Å². The summed E-state index contributed by atoms with van der Waals surface area (Å²) in [6.45, 7) is 1.64. The molecular formula is C21H21N7O4S. The number of urea groups is 1. The number of amides is 4. The third kappa shape index (κ3) is 4.95. The van der Waals surface area contributed by atoms with Gasteiger partial charge in [-0.25, -0.2) is 4.79 Å². The van der Waals surface area contributed by atoms with Crippen molar-refractivity contribution in [3.8, 4) is 11.4 Å². The minimum atomic E-state index is -1.11. The zero-order valence-corrected chi connectivity index (χ0v) is 18.5. The van der Waals surface area contributed by atoms with Crippen molar-refractivity contribution in [3.05, 3.63) is 60.2 Å². The third-order valence-electron chi connectivity index (χ3n) is 5.12. The van der Waals surface area contributed by atoms with Gasteiger partial charge in [-0.2, -0.15) is 9.69 Å². The molecule has 2 heterocycles. The lowest BCUT2D eigenvalue weighted by Crippen LogP contribution is -2.49. The lowest BCUT2D eigenvalue weighted by molar-refractivity contribution is -0.138. The molecule has 2 aromatic carbocycles. The van der Waals surface area contributed by atoms with Gasteiger partial charge in [0.15, 0.2) is 0 Å². The van der Waals surface area contributed by atoms with Crippen LogP contribution in [0.15, 0.2) is 59.8 Å². The smallest absolute Gasteiger partial charge is 0.344 e. The zero-order valence-electron chi connectivity index (χ0n) is 17.6. The summed E-state index contributed by atoms with van der Waals surface area (Å²) >= 11 is 1.04. The van der Waals surface area contributed by atoms with E-state index in [0.717, 1.165) is 22.3 Å². The van der Waals surface area contributed by atoms with E-state index in [1.54, 1.807) is 19.1 Å². The van der Waals surface area contributed by atoms with Crippen LogP contribution in [0.2, 0.25) is 0 Å². The average Bonchev–Trinajstić information content (AvgIpc) is 3.36. The quantitative estimate of drug-likeness (QED) is 0.334. The van der Waals surface area contributed by atoms with Crippen molar-refractivity contribution in [2.75, 3.05) is 5.75 Å². The maximum atomic E-state index is 12.9. The number of imide groups is 1. The molecule has 0 radical (unpaired) electrons. The highest BCUT2D eigenvalue weighted by Gasteiger charge is 2.48. The van der Waals surface area contributed by atoms with E-state index in [1.807, 2.05) is 30.3 Å². The summed E-state index contributed by atoms with van der Waals surface area (Å²) in [6, 6.07) is 15.2. The largest absolute Gasteiger partial charge is 0.508 e. The molecule has 0 bridgehead atoms. The Kier molecular flexibility index (Phi) is 6.27. The minimum absolute atomic E-state index is 0.102. The van der Waals surface area contributed by atoms with Crippen LogP contribution in [0.3, 0.4) is 0 Å². The molecule has 1 aliphatic heterocycles. The summed E-state index contributed by atoms with van der Waals surface area (Å²) in [5.74, 6) is -1.10. The molecule has 170 valence electrons. The summed E-state index contributed by atoms with van der Waals surface area (Å²) in [7, 11) is 0. The first kappa shape index (κ1) is 22.3. The van der Waals surface area contributed by atoms with Crippen molar-refractivity contribution in [2.45, 2.75) is 30.5 Å². The molecule has 0 spiro atoms. The Morgan fingerprint density at radius 2 is 1.88 bits per heavy atom. The van der Waals surface area contributed by atoms with Crippen LogP contribution >= 0.6 is 11.8 Å². The number of rotatable bonds is 8. The number of nitrogens with zero attached hydrogens (tertiary/aromatic N) is 5. The zero-order chi connectivity index (χ0) is 23.4. The van der Waals surface area contributed by atoms with Gasteiger partial charge in [-0.05, 0) is 60.0 Å². The fraction of sp³-hybridized carbons (Fsp3) is 0.238. The number of carbonyl (C=O) groups is 3. The Morgan fingerprint density at radius 1 is 1.15 bits per heavy atom. The topological polar surface area (TPSA) is 142 Å². The molecular weight excluding hydrogens is 446 g/mol. The van der Waals surface area contributed by atoms with Crippen molar-refractivity contribution in [1.82, 2.24) is 36.0 Å². The van der Waals surface area contributed by atoms with Crippen molar-refractivity contribution < 1.29 is 19.5 Å². The van der Waals surface area contributed by atoms with Gasteiger partial charge in [0.2, 0.25) is 11.1 Å². The molecule has 1 atom stereocenters. The SMILES string of the molecule is C[C@@]1(CCc2ccccc2)NC(=O)N(NC(=O)CSc2nnnn2-c2ccc(O)cc2)C1=O. The second-order valence-corrected chi connectivity index (χ2v) is 8.54. The second-order valence-electron chi connectivity index (χ2n) is 7.60. The van der Waals surface area contributed by atoms with Crippen molar-refractivity contribution in [1.29, 1.82) is 0 Å². The number of hydrazine groups is 1. The molecule has 3 N–H and O–H groups in total. The highest BCUT2D eigenvalue weighted by molar-refractivity contribution is 7.99. The highest BCUT2D eigenvalue weighted by atomic mass is 32.2. The van der Waals surface area contributed by atoms with Gasteiger partial charge in [0.1, 0.15) is 11.3 Å². The molecule has 0 unspecified atom stereocenters. The number of benzene rings is 2. The van der Waals surface area contributed by atoms with Crippen molar-refractivity contribution in [3.63, 3.8) is 0 Å². The molecule has 0 saturated carbocycles. The predicted octanol–water partition coefficient (Wildman–Crippen LogP) is 1.43. The third-order valence-corrected chi connectivity index (χ3v) is 6.04. The highest BCUT2D eigenvalue weighted by Crippen LogP contribution is 2.23. The lowest BCUT2D eigenvalue weighted by Gasteiger charge is -2.21. The monoisotopic (exact) mass is 467 g/mol. The Morgan fingerprint density at radius 3 is 2.61 bits per heavy atom. The standard InChI is InChI=1S/C21H21N7O4S/c1-21(12-11-14-5-3-2-4-6-14)18(31)28(19(32)22-21)24-17(30)13-33-20-23-25-26-27(20)15-7-9-16(29)10-8-15/h2-10,29H,11-13H2,1H3,(H,22,32)(H,24,30)/t21-/m0/s1. The second kappa shape index (κ2) is 9.28. The minimum Gasteiger partial charge on any atom is -0.508 e. The van der Waals surface area contributed by atoms with Crippen LogP contribution in [0.1, 0.15) is 18.9 Å². The van der Waals surface area contributed by atoms with Crippen molar-refractivity contribution >= 4 is 29.6 Å². The Balaban J connectivity index is 1.34. The van der Waals surface area contributed by atoms with Gasteiger partial charge in [-0.1, -0.05) is 42.1 Å². The number of tetrazole rings is 1. The van der Waals surface area contributed by atoms with E-state index in [1.165, 1.54) is 16.8 Å². The summed E-state index contributed by atoms with van der Waals surface area (Å²) < 4.78 is 1.41. The number of aromatic nitrogens is 4. The molecule has 33 heavy (non-hydrogen) atoms. The van der Waals surface area contributed by atoms with Gasteiger partial charge in [0, 0.05) is 0 Å². The van der Waals surface area contributed by atoms with E-state index < -0.39 is 23.4 Å². The molecule has 1 saturated heterocycles. The van der Waals surface area contributed by atoms with Gasteiger partial charge in [-0.3, -0.25) is 15.0 Å². The fourth-order valence-corrected chi connectivity index (χ4v) is 3.99. The molecule has 0 aliphatic carbocycles. The molecule has 1 aromatic heterocycles. The summed E-state index contributed by atoms with van der Waals surface area (Å²) in [5, 5.41) is 24.5. The lowest BCUT2D eigenvalue weighted by atomic mass is 9.93. The van der Waals surface area contributed by atoms with Crippen molar-refractivity contribution in [2.24, 2.45) is 0 Å². The number of carbonyl (C=O) groups excluding carboxylic acids is 3. The van der Waals surface area contributed by atoms with Crippen LogP contribution in [0.4, 0.5) is 4.79 Å². The number of hydrogen-bond donors (Lipinski definition) is 3. The summed E-state index contributed by atoms with van der Waals surface area (Å²) in [5.41, 5.74) is 2.90. The first-order valence-corrected chi connectivity index (χ1v) is 11.0. The number of aromatic hydroxyl groups is 1. The first-order valence-electron chi connectivity index (χ1n) is 10.1. The van der Waals surface area contributed by atoms with Gasteiger partial charge in [0.25, 0.3) is 5.91 Å². The van der Waals surface area contributed by atoms with Crippen LogP contribution in [-0.4, -0.2) is 59.5 Å². The number of phenols is 1. The molecule has 4 amide bonds. The molecule has 1 aliphatic rings. The van der Waals surface area contributed by atoms with Crippen LogP contribution in [0.25, 0.3) is 5.69 Å². The fourth-order valence-electron chi connectivity index (χ4n) is 3.31. The van der Waals surface area contributed by atoms with Crippen LogP contribution in [0.5, 0.6) is 5.75 Å². The van der Waals surface area contributed by atoms with Crippen LogP contribution in [0, 0.1) is 0 Å². The molecule has 11 nitrogen and oxygen atoms in total. The molecule has 3 aromatic rings. The summed E-state index contributed by atoms with van der Waals surface area (Å²) in [6.07, 6.45) is 0.991. The Hall–Kier alpha value is -3.93. The normalized spacial score (nSPS) is 17.8. The van der Waals surface area contributed by atoms with Crippen LogP contribution < -0.4 is 10.7 Å². The maximum absolute atomic E-state index is 12.9. The number of phenolic OH excluding ortho intramolecular Hbond substituents is 1. The van der Waals surface area contributed by atoms with Gasteiger partial charge in [0.05, 0.1) is 11.4 Å². The Labute approximate surface area is 193 Å². The number of thioether (sulfide) groups is 1. The van der Waals surface area contributed by atoms with Gasteiger partial charge >= 0.3 is 6.03 Å². The number of nitrogens with one attached hydrogen (secondary N) is 2. The molecule has 4 rings (SSSR count). The summed E-state index contributed by atoms with van der Waals surface area (Å²) in [4.78, 5) is 37.7. The van der Waals surface area contributed by atoms with E-state index in [4.69, 9.17) is 0 Å². The molecule has 1 fully saturated rings. The first-order chi connectivity index (χ1) is 15.9. The maximum Gasteiger partial charge on any atom is 0.344 e.